The Kier molecular flexibility index (Phi) is 8.51. The van der Waals surface area contributed by atoms with Gasteiger partial charge in [0.15, 0.2) is 5.76 Å². The van der Waals surface area contributed by atoms with E-state index in [1.807, 2.05) is 24.0 Å². The molecule has 0 unspecified atom stereocenters. The molecule has 0 spiro atoms. The van der Waals surface area contributed by atoms with Crippen LogP contribution in [0.1, 0.15) is 47.9 Å². The normalized spacial score (nSPS) is 22.0. The molecule has 6 heteroatoms. The minimum atomic E-state index is -0.537. The summed E-state index contributed by atoms with van der Waals surface area (Å²) in [5, 5.41) is 9.66. The topological polar surface area (TPSA) is 62.2 Å². The zero-order chi connectivity index (χ0) is 28.2. The van der Waals surface area contributed by atoms with Crippen LogP contribution in [0.5, 0.6) is 0 Å². The van der Waals surface area contributed by atoms with E-state index in [0.717, 1.165) is 32.5 Å². The second-order valence-corrected chi connectivity index (χ2v) is 11.3. The fourth-order valence-corrected chi connectivity index (χ4v) is 6.62. The molecule has 1 amide bonds. The van der Waals surface area contributed by atoms with E-state index in [4.69, 9.17) is 9.47 Å². The smallest absolute Gasteiger partial charge is 0.288 e. The number of rotatable bonds is 9. The van der Waals surface area contributed by atoms with Gasteiger partial charge >= 0.3 is 0 Å². The van der Waals surface area contributed by atoms with Crippen LogP contribution in [0.25, 0.3) is 11.1 Å². The summed E-state index contributed by atoms with van der Waals surface area (Å²) >= 11 is 0. The molecule has 2 heterocycles. The van der Waals surface area contributed by atoms with Crippen LogP contribution >= 0.6 is 0 Å². The van der Waals surface area contributed by atoms with Crippen molar-refractivity contribution >= 4 is 5.91 Å². The van der Waals surface area contributed by atoms with E-state index in [9.17, 15) is 9.90 Å². The van der Waals surface area contributed by atoms with Crippen molar-refractivity contribution in [3.63, 3.8) is 0 Å². The van der Waals surface area contributed by atoms with Crippen LogP contribution in [0.3, 0.4) is 0 Å². The van der Waals surface area contributed by atoms with Gasteiger partial charge in [-0.3, -0.25) is 9.69 Å². The lowest BCUT2D eigenvalue weighted by Crippen LogP contribution is -2.49. The summed E-state index contributed by atoms with van der Waals surface area (Å²) in [5.41, 5.74) is 7.74. The van der Waals surface area contributed by atoms with Gasteiger partial charge < -0.3 is 19.5 Å². The maximum Gasteiger partial charge on any atom is 0.288 e. The zero-order valence-electron chi connectivity index (χ0n) is 23.9. The summed E-state index contributed by atoms with van der Waals surface area (Å²) in [6.07, 6.45) is 3.82. The number of benzene rings is 3. The Morgan fingerprint density at radius 1 is 0.951 bits per heavy atom. The fourth-order valence-electron chi connectivity index (χ4n) is 6.62. The molecule has 3 aromatic rings. The first-order valence-corrected chi connectivity index (χ1v) is 15.0. The van der Waals surface area contributed by atoms with Crippen molar-refractivity contribution in [1.29, 1.82) is 0 Å². The third-order valence-electron chi connectivity index (χ3n) is 8.73. The average Bonchev–Trinajstić information content (AvgIpc) is 3.39. The van der Waals surface area contributed by atoms with Gasteiger partial charge in [0.25, 0.3) is 5.91 Å². The Bertz CT molecular complexity index is 1380. The third kappa shape index (κ3) is 5.96. The van der Waals surface area contributed by atoms with Crippen LogP contribution in [0.4, 0.5) is 0 Å². The van der Waals surface area contributed by atoms with Crippen LogP contribution in [0.15, 0.2) is 84.6 Å². The lowest BCUT2D eigenvalue weighted by atomic mass is 9.79. The van der Waals surface area contributed by atoms with Crippen LogP contribution in [-0.2, 0) is 27.2 Å². The first-order chi connectivity index (χ1) is 20.1. The summed E-state index contributed by atoms with van der Waals surface area (Å²) in [7, 11) is 0. The second kappa shape index (κ2) is 12.6. The SMILES string of the molecule is CCO[C@H]1OC(C(=O)N2CCN(Cc3ccccc3)CC2)=C[C@@H](c2ccc3c(c2)Cc2ccccc2-3)[C@@H]1CCCO. The molecule has 41 heavy (non-hydrogen) atoms. The van der Waals surface area contributed by atoms with E-state index >= 15 is 0 Å². The quantitative estimate of drug-likeness (QED) is 0.303. The maximum absolute atomic E-state index is 13.8. The standard InChI is InChI=1S/C35H40N2O4/c1-2-40-35-31(13-8-20-38)32(27-14-15-30-28(22-27)21-26-11-6-7-12-29(26)30)23-33(41-35)34(39)37-18-16-36(17-19-37)24-25-9-4-3-5-10-25/h3-7,9-12,14-15,22-23,31-32,35,38H,2,8,13,16-21,24H2,1H3/t31-,32-,35-/m0/s1. The van der Waals surface area contributed by atoms with Crippen molar-refractivity contribution in [2.24, 2.45) is 5.92 Å². The fraction of sp³-hybridized carbons (Fsp3) is 0.400. The Balaban J connectivity index is 1.24. The molecule has 1 fully saturated rings. The van der Waals surface area contributed by atoms with Gasteiger partial charge in [-0.1, -0.05) is 72.8 Å². The molecule has 1 N–H and O–H groups in total. The largest absolute Gasteiger partial charge is 0.459 e. The minimum absolute atomic E-state index is 0.00296. The van der Waals surface area contributed by atoms with Crippen LogP contribution in [0, 0.1) is 5.92 Å². The van der Waals surface area contributed by atoms with E-state index < -0.39 is 6.29 Å². The predicted octanol–water partition coefficient (Wildman–Crippen LogP) is 5.35. The number of carbonyl (C=O) groups excluding carboxylic acids is 1. The monoisotopic (exact) mass is 552 g/mol. The molecule has 0 bridgehead atoms. The van der Waals surface area contributed by atoms with Gasteiger partial charge in [0, 0.05) is 57.8 Å². The highest BCUT2D eigenvalue weighted by Gasteiger charge is 2.39. The third-order valence-corrected chi connectivity index (χ3v) is 8.73. The van der Waals surface area contributed by atoms with Gasteiger partial charge in [-0.15, -0.1) is 0 Å². The van der Waals surface area contributed by atoms with E-state index in [0.29, 0.717) is 31.9 Å². The zero-order valence-corrected chi connectivity index (χ0v) is 23.9. The van der Waals surface area contributed by atoms with Gasteiger partial charge in [-0.05, 0) is 65.6 Å². The number of nitrogens with zero attached hydrogens (tertiary/aromatic N) is 2. The Hall–Kier alpha value is -3.45. The van der Waals surface area contributed by atoms with Gasteiger partial charge in [0.05, 0.1) is 0 Å². The number of piperazine rings is 1. The molecule has 3 atom stereocenters. The van der Waals surface area contributed by atoms with E-state index in [1.165, 1.54) is 33.4 Å². The summed E-state index contributed by atoms with van der Waals surface area (Å²) < 4.78 is 12.4. The highest BCUT2D eigenvalue weighted by atomic mass is 16.7. The number of ether oxygens (including phenoxy) is 2. The van der Waals surface area contributed by atoms with Crippen molar-refractivity contribution in [3.8, 4) is 11.1 Å². The lowest BCUT2D eigenvalue weighted by Gasteiger charge is -2.39. The van der Waals surface area contributed by atoms with Crippen LogP contribution < -0.4 is 0 Å². The molecule has 3 aromatic carbocycles. The lowest BCUT2D eigenvalue weighted by molar-refractivity contribution is -0.171. The molecule has 0 saturated carbocycles. The molecule has 214 valence electrons. The van der Waals surface area contributed by atoms with Gasteiger partial charge in [-0.2, -0.15) is 0 Å². The Morgan fingerprint density at radius 2 is 1.71 bits per heavy atom. The van der Waals surface area contributed by atoms with Gasteiger partial charge in [0.1, 0.15) is 0 Å². The molecule has 0 radical (unpaired) electrons. The maximum atomic E-state index is 13.8. The number of amides is 1. The summed E-state index contributed by atoms with van der Waals surface area (Å²) in [4.78, 5) is 18.1. The second-order valence-electron chi connectivity index (χ2n) is 11.3. The number of hydrogen-bond donors (Lipinski definition) is 1. The van der Waals surface area contributed by atoms with Crippen molar-refractivity contribution in [2.45, 2.75) is 44.9 Å². The number of allylic oxidation sites excluding steroid dienone is 1. The van der Waals surface area contributed by atoms with Crippen LogP contribution in [-0.4, -0.2) is 66.5 Å². The summed E-state index contributed by atoms with van der Waals surface area (Å²) in [6, 6.07) is 25.8. The molecule has 6 rings (SSSR count). The van der Waals surface area contributed by atoms with Gasteiger partial charge in [0.2, 0.25) is 6.29 Å². The van der Waals surface area contributed by atoms with E-state index in [2.05, 4.69) is 71.6 Å². The number of aliphatic hydroxyl groups is 1. The first kappa shape index (κ1) is 27.7. The van der Waals surface area contributed by atoms with Crippen molar-refractivity contribution in [1.82, 2.24) is 9.80 Å². The Morgan fingerprint density at radius 3 is 2.49 bits per heavy atom. The molecule has 2 aliphatic heterocycles. The predicted molar refractivity (Wildman–Crippen MR) is 160 cm³/mol. The van der Waals surface area contributed by atoms with E-state index in [1.54, 1.807) is 0 Å². The van der Waals surface area contributed by atoms with Crippen molar-refractivity contribution in [3.05, 3.63) is 107 Å². The minimum Gasteiger partial charge on any atom is -0.459 e. The van der Waals surface area contributed by atoms with Crippen LogP contribution in [0.2, 0.25) is 0 Å². The molecule has 6 nitrogen and oxygen atoms in total. The van der Waals surface area contributed by atoms with Gasteiger partial charge in [-0.25, -0.2) is 0 Å². The molecule has 1 aliphatic carbocycles. The van der Waals surface area contributed by atoms with E-state index in [-0.39, 0.29) is 24.3 Å². The summed E-state index contributed by atoms with van der Waals surface area (Å²) in [6.45, 7) is 6.46. The molecular formula is C35H40N2O4. The summed E-state index contributed by atoms with van der Waals surface area (Å²) in [5.74, 6) is 0.282. The Labute approximate surface area is 243 Å². The molecule has 0 aromatic heterocycles. The molecule has 3 aliphatic rings. The van der Waals surface area contributed by atoms with Crippen molar-refractivity contribution in [2.75, 3.05) is 39.4 Å². The molecule has 1 saturated heterocycles. The highest BCUT2D eigenvalue weighted by molar-refractivity contribution is 5.92. The van der Waals surface area contributed by atoms with Crippen molar-refractivity contribution < 1.29 is 19.4 Å². The number of carbonyl (C=O) groups is 1. The first-order valence-electron chi connectivity index (χ1n) is 15.0. The number of aliphatic hydroxyl groups excluding tert-OH is 1. The average molecular weight is 553 g/mol. The number of hydrogen-bond acceptors (Lipinski definition) is 5. The number of fused-ring (bicyclic) bond motifs is 3. The highest BCUT2D eigenvalue weighted by Crippen LogP contribution is 2.43. The molecular weight excluding hydrogens is 512 g/mol.